The molecule has 0 N–H and O–H groups in total. The third-order valence-electron chi connectivity index (χ3n) is 4.24. The summed E-state index contributed by atoms with van der Waals surface area (Å²) in [6.07, 6.45) is -2.10. The van der Waals surface area contributed by atoms with E-state index in [9.17, 15) is 18.0 Å². The van der Waals surface area contributed by atoms with Crippen LogP contribution < -0.4 is 0 Å². The standard InChI is InChI=1S/C17H18F3N3O/c18-17(19,20)14-7-4-9-22(11-14)16(24)12-23-10-8-15(21-23)13-5-2-1-3-6-13/h1-3,5-6,8,10,14H,4,7,9,11-12H2/t14-/m1/s1. The Bertz CT molecular complexity index is 697. The van der Waals surface area contributed by atoms with Gasteiger partial charge in [0.25, 0.3) is 0 Å². The lowest BCUT2D eigenvalue weighted by atomic mass is 9.97. The zero-order chi connectivity index (χ0) is 17.2. The predicted molar refractivity (Wildman–Crippen MR) is 83.0 cm³/mol. The number of piperidine rings is 1. The van der Waals surface area contributed by atoms with Crippen LogP contribution in [0.25, 0.3) is 11.3 Å². The normalized spacial score (nSPS) is 18.6. The number of hydrogen-bond donors (Lipinski definition) is 0. The van der Waals surface area contributed by atoms with E-state index in [4.69, 9.17) is 0 Å². The van der Waals surface area contributed by atoms with Crippen molar-refractivity contribution in [3.8, 4) is 11.3 Å². The van der Waals surface area contributed by atoms with Crippen LogP contribution in [0.15, 0.2) is 42.6 Å². The molecule has 1 aromatic heterocycles. The predicted octanol–water partition coefficient (Wildman–Crippen LogP) is 3.35. The monoisotopic (exact) mass is 337 g/mol. The second-order valence-electron chi connectivity index (χ2n) is 5.99. The highest BCUT2D eigenvalue weighted by Gasteiger charge is 2.42. The van der Waals surface area contributed by atoms with Crippen LogP contribution in [-0.2, 0) is 11.3 Å². The molecule has 128 valence electrons. The largest absolute Gasteiger partial charge is 0.393 e. The second kappa shape index (κ2) is 6.67. The fraction of sp³-hybridized carbons (Fsp3) is 0.412. The van der Waals surface area contributed by atoms with Gasteiger partial charge in [0, 0.05) is 24.8 Å². The zero-order valence-corrected chi connectivity index (χ0v) is 13.0. The highest BCUT2D eigenvalue weighted by atomic mass is 19.4. The molecule has 2 aromatic rings. The summed E-state index contributed by atoms with van der Waals surface area (Å²) in [6, 6.07) is 11.3. The van der Waals surface area contributed by atoms with Gasteiger partial charge in [-0.15, -0.1) is 0 Å². The van der Waals surface area contributed by atoms with Gasteiger partial charge in [-0.05, 0) is 18.9 Å². The Morgan fingerprint density at radius 2 is 1.96 bits per heavy atom. The molecule has 1 fully saturated rings. The lowest BCUT2D eigenvalue weighted by Gasteiger charge is -2.33. The van der Waals surface area contributed by atoms with Crippen molar-refractivity contribution >= 4 is 5.91 Å². The average molecular weight is 337 g/mol. The van der Waals surface area contributed by atoms with Crippen molar-refractivity contribution in [3.05, 3.63) is 42.6 Å². The number of carbonyl (C=O) groups is 1. The topological polar surface area (TPSA) is 38.1 Å². The number of hydrogen-bond acceptors (Lipinski definition) is 2. The number of likely N-dealkylation sites (tertiary alicyclic amines) is 1. The lowest BCUT2D eigenvalue weighted by molar-refractivity contribution is -0.188. The Morgan fingerprint density at radius 3 is 2.67 bits per heavy atom. The molecule has 0 bridgehead atoms. The minimum absolute atomic E-state index is 0.0442. The molecule has 1 aromatic carbocycles. The fourth-order valence-electron chi connectivity index (χ4n) is 2.92. The van der Waals surface area contributed by atoms with Gasteiger partial charge >= 0.3 is 6.18 Å². The molecule has 1 aliphatic heterocycles. The van der Waals surface area contributed by atoms with Gasteiger partial charge in [-0.2, -0.15) is 18.3 Å². The number of halogens is 3. The number of amides is 1. The summed E-state index contributed by atoms with van der Waals surface area (Å²) in [5.74, 6) is -1.75. The van der Waals surface area contributed by atoms with E-state index in [1.165, 1.54) is 9.58 Å². The van der Waals surface area contributed by atoms with Crippen molar-refractivity contribution in [1.82, 2.24) is 14.7 Å². The van der Waals surface area contributed by atoms with Crippen LogP contribution in [0.5, 0.6) is 0 Å². The number of alkyl halides is 3. The first-order chi connectivity index (χ1) is 11.4. The Morgan fingerprint density at radius 1 is 1.21 bits per heavy atom. The molecule has 4 nitrogen and oxygen atoms in total. The van der Waals surface area contributed by atoms with Crippen LogP contribution in [0.1, 0.15) is 12.8 Å². The van der Waals surface area contributed by atoms with Crippen molar-refractivity contribution in [1.29, 1.82) is 0 Å². The van der Waals surface area contributed by atoms with E-state index in [2.05, 4.69) is 5.10 Å². The number of nitrogens with zero attached hydrogens (tertiary/aromatic N) is 3. The van der Waals surface area contributed by atoms with Crippen molar-refractivity contribution < 1.29 is 18.0 Å². The van der Waals surface area contributed by atoms with Gasteiger partial charge in [0.15, 0.2) is 0 Å². The molecule has 24 heavy (non-hydrogen) atoms. The molecule has 1 atom stereocenters. The highest BCUT2D eigenvalue weighted by molar-refractivity contribution is 5.76. The van der Waals surface area contributed by atoms with E-state index in [1.807, 2.05) is 30.3 Å². The molecular weight excluding hydrogens is 319 g/mol. The molecule has 0 unspecified atom stereocenters. The minimum Gasteiger partial charge on any atom is -0.340 e. The molecule has 0 radical (unpaired) electrons. The first kappa shape index (κ1) is 16.5. The van der Waals surface area contributed by atoms with E-state index in [1.54, 1.807) is 12.3 Å². The highest BCUT2D eigenvalue weighted by Crippen LogP contribution is 2.33. The molecule has 7 heteroatoms. The maximum atomic E-state index is 12.8. The van der Waals surface area contributed by atoms with Crippen molar-refractivity contribution in [2.24, 2.45) is 5.92 Å². The molecule has 3 rings (SSSR count). The molecule has 1 amide bonds. The van der Waals surface area contributed by atoms with Gasteiger partial charge < -0.3 is 4.90 Å². The van der Waals surface area contributed by atoms with Crippen molar-refractivity contribution in [3.63, 3.8) is 0 Å². The van der Waals surface area contributed by atoms with Crippen LogP contribution in [0.3, 0.4) is 0 Å². The van der Waals surface area contributed by atoms with E-state index >= 15 is 0 Å². The van der Waals surface area contributed by atoms with E-state index in [0.29, 0.717) is 13.0 Å². The Balaban J connectivity index is 1.64. The number of rotatable bonds is 3. The third-order valence-corrected chi connectivity index (χ3v) is 4.24. The van der Waals surface area contributed by atoms with Crippen LogP contribution in [0, 0.1) is 5.92 Å². The second-order valence-corrected chi connectivity index (χ2v) is 5.99. The number of aromatic nitrogens is 2. The third kappa shape index (κ3) is 3.77. The summed E-state index contributed by atoms with van der Waals surface area (Å²) >= 11 is 0. The number of benzene rings is 1. The van der Waals surface area contributed by atoms with E-state index < -0.39 is 12.1 Å². The first-order valence-corrected chi connectivity index (χ1v) is 7.87. The van der Waals surface area contributed by atoms with Crippen molar-refractivity contribution in [2.45, 2.75) is 25.6 Å². The lowest BCUT2D eigenvalue weighted by Crippen LogP contribution is -2.45. The van der Waals surface area contributed by atoms with Gasteiger partial charge in [0.05, 0.1) is 11.6 Å². The summed E-state index contributed by atoms with van der Waals surface area (Å²) in [5.41, 5.74) is 1.66. The zero-order valence-electron chi connectivity index (χ0n) is 13.0. The SMILES string of the molecule is O=C(Cn1ccc(-c2ccccc2)n1)N1CCC[C@@H](C(F)(F)F)C1. The average Bonchev–Trinajstić information content (AvgIpc) is 3.03. The van der Waals surface area contributed by atoms with Gasteiger partial charge in [-0.25, -0.2) is 0 Å². The Labute approximate surface area is 137 Å². The van der Waals surface area contributed by atoms with Crippen LogP contribution in [-0.4, -0.2) is 39.9 Å². The Hall–Kier alpha value is -2.31. The van der Waals surface area contributed by atoms with E-state index in [-0.39, 0.29) is 25.4 Å². The van der Waals surface area contributed by atoms with Crippen LogP contribution in [0.2, 0.25) is 0 Å². The molecule has 0 aliphatic carbocycles. The first-order valence-electron chi connectivity index (χ1n) is 7.87. The Kier molecular flexibility index (Phi) is 4.59. The summed E-state index contributed by atoms with van der Waals surface area (Å²) in [5, 5.41) is 4.33. The van der Waals surface area contributed by atoms with Crippen LogP contribution in [0.4, 0.5) is 13.2 Å². The maximum Gasteiger partial charge on any atom is 0.393 e. The van der Waals surface area contributed by atoms with Gasteiger partial charge in [-0.3, -0.25) is 9.48 Å². The molecule has 2 heterocycles. The molecule has 1 saturated heterocycles. The minimum atomic E-state index is -4.24. The summed E-state index contributed by atoms with van der Waals surface area (Å²) in [4.78, 5) is 13.6. The van der Waals surface area contributed by atoms with Gasteiger partial charge in [-0.1, -0.05) is 30.3 Å². The van der Waals surface area contributed by atoms with Gasteiger partial charge in [0.2, 0.25) is 5.91 Å². The van der Waals surface area contributed by atoms with E-state index in [0.717, 1.165) is 11.3 Å². The summed E-state index contributed by atoms with van der Waals surface area (Å²) in [7, 11) is 0. The number of carbonyl (C=O) groups excluding carboxylic acids is 1. The fourth-order valence-corrected chi connectivity index (χ4v) is 2.92. The molecule has 0 spiro atoms. The van der Waals surface area contributed by atoms with Gasteiger partial charge in [0.1, 0.15) is 6.54 Å². The molecule has 0 saturated carbocycles. The summed E-state index contributed by atoms with van der Waals surface area (Å²) < 4.78 is 40.0. The van der Waals surface area contributed by atoms with Crippen LogP contribution >= 0.6 is 0 Å². The smallest absolute Gasteiger partial charge is 0.340 e. The maximum absolute atomic E-state index is 12.8. The summed E-state index contributed by atoms with van der Waals surface area (Å²) in [6.45, 7) is 0.0742. The molecule has 1 aliphatic rings. The quantitative estimate of drug-likeness (QED) is 0.861. The molecular formula is C17H18F3N3O. The van der Waals surface area contributed by atoms with Crippen molar-refractivity contribution in [2.75, 3.05) is 13.1 Å².